The first-order chi connectivity index (χ1) is 9.54. The highest BCUT2D eigenvalue weighted by molar-refractivity contribution is 5.71. The summed E-state index contributed by atoms with van der Waals surface area (Å²) >= 11 is 0. The lowest BCUT2D eigenvalue weighted by atomic mass is 10.1. The van der Waals surface area contributed by atoms with Crippen LogP contribution in [0.2, 0.25) is 0 Å². The normalized spacial score (nSPS) is 28.5. The van der Waals surface area contributed by atoms with Crippen molar-refractivity contribution in [2.75, 3.05) is 38.5 Å². The van der Waals surface area contributed by atoms with Crippen LogP contribution in [0.1, 0.15) is 17.4 Å². The molecule has 4 rings (SSSR count). The first-order valence-corrected chi connectivity index (χ1v) is 6.61. The van der Waals surface area contributed by atoms with Crippen LogP contribution in [0.15, 0.2) is 4.79 Å². The zero-order chi connectivity index (χ0) is 14.3. The molecule has 1 aromatic heterocycles. The lowest BCUT2D eigenvalue weighted by Crippen LogP contribution is -2.57. The Hall–Kier alpha value is -1.93. The van der Waals surface area contributed by atoms with E-state index >= 15 is 0 Å². The number of fused-ring (bicyclic) bond motifs is 3. The third kappa shape index (κ3) is 2.27. The molecule has 3 saturated heterocycles. The highest BCUT2D eigenvalue weighted by Crippen LogP contribution is 2.26. The zero-order valence-electron chi connectivity index (χ0n) is 11.0. The lowest BCUT2D eigenvalue weighted by molar-refractivity contribution is -0.136. The van der Waals surface area contributed by atoms with Crippen molar-refractivity contribution in [1.82, 2.24) is 19.8 Å². The topological polar surface area (TPSA) is 116 Å². The van der Waals surface area contributed by atoms with Crippen LogP contribution < -0.4 is 11.3 Å². The van der Waals surface area contributed by atoms with Crippen LogP contribution in [0.5, 0.6) is 0 Å². The van der Waals surface area contributed by atoms with E-state index in [1.54, 1.807) is 0 Å². The maximum absolute atomic E-state index is 12.0. The lowest BCUT2D eigenvalue weighted by Gasteiger charge is -2.46. The predicted molar refractivity (Wildman–Crippen MR) is 71.4 cm³/mol. The van der Waals surface area contributed by atoms with Crippen LogP contribution in [0.4, 0.5) is 5.82 Å². The Labute approximate surface area is 115 Å². The van der Waals surface area contributed by atoms with Crippen molar-refractivity contribution in [2.24, 2.45) is 0 Å². The standard InChI is InChI=1S/C12H17N5O3/c13-10-7(5-9(18)19)12(20)15-11(14-10)8-6-16-1-3-17(8)4-2-16/h8H,1-6H2,(H,18,19)(H3,13,14,15,20). The fraction of sp³-hybridized carbons (Fsp3) is 0.583. The Balaban J connectivity index is 1.92. The van der Waals surface area contributed by atoms with E-state index in [2.05, 4.69) is 19.8 Å². The van der Waals surface area contributed by atoms with E-state index in [4.69, 9.17) is 10.8 Å². The zero-order valence-corrected chi connectivity index (χ0v) is 11.0. The molecule has 0 saturated carbocycles. The largest absolute Gasteiger partial charge is 0.481 e. The van der Waals surface area contributed by atoms with Gasteiger partial charge in [-0.2, -0.15) is 0 Å². The summed E-state index contributed by atoms with van der Waals surface area (Å²) in [5.74, 6) is -0.543. The van der Waals surface area contributed by atoms with E-state index in [0.717, 1.165) is 32.7 Å². The number of nitrogens with zero attached hydrogens (tertiary/aromatic N) is 3. The van der Waals surface area contributed by atoms with Gasteiger partial charge in [0.25, 0.3) is 5.56 Å². The van der Waals surface area contributed by atoms with Crippen LogP contribution in [0, 0.1) is 0 Å². The van der Waals surface area contributed by atoms with Gasteiger partial charge in [0, 0.05) is 32.7 Å². The van der Waals surface area contributed by atoms with Gasteiger partial charge in [-0.05, 0) is 0 Å². The molecular formula is C12H17N5O3. The SMILES string of the molecule is Nc1nc(C2CN3CCN2CC3)[nH]c(=O)c1CC(=O)O. The minimum Gasteiger partial charge on any atom is -0.481 e. The smallest absolute Gasteiger partial charge is 0.308 e. The van der Waals surface area contributed by atoms with Crippen molar-refractivity contribution < 1.29 is 9.90 Å². The van der Waals surface area contributed by atoms with E-state index < -0.39 is 17.9 Å². The van der Waals surface area contributed by atoms with Crippen LogP contribution in [-0.4, -0.2) is 63.6 Å². The number of nitrogen functional groups attached to an aromatic ring is 1. The van der Waals surface area contributed by atoms with Gasteiger partial charge in [-0.1, -0.05) is 0 Å². The number of carboxylic acid groups (broad SMARTS) is 1. The maximum atomic E-state index is 12.0. The summed E-state index contributed by atoms with van der Waals surface area (Å²) in [5.41, 5.74) is 5.32. The Morgan fingerprint density at radius 2 is 2.10 bits per heavy atom. The minimum absolute atomic E-state index is 0.0174. The number of H-pyrrole nitrogens is 1. The minimum atomic E-state index is -1.09. The molecule has 1 atom stereocenters. The fourth-order valence-electron chi connectivity index (χ4n) is 2.89. The number of aromatic nitrogens is 2. The average molecular weight is 279 g/mol. The van der Waals surface area contributed by atoms with Crippen molar-refractivity contribution in [3.05, 3.63) is 21.7 Å². The molecule has 1 unspecified atom stereocenters. The van der Waals surface area contributed by atoms with Gasteiger partial charge >= 0.3 is 5.97 Å². The van der Waals surface area contributed by atoms with Gasteiger partial charge in [0.1, 0.15) is 11.6 Å². The number of hydrogen-bond donors (Lipinski definition) is 3. The second-order valence-electron chi connectivity index (χ2n) is 5.24. The van der Waals surface area contributed by atoms with Gasteiger partial charge in [0.2, 0.25) is 0 Å². The second-order valence-corrected chi connectivity index (χ2v) is 5.24. The number of carbonyl (C=O) groups is 1. The monoisotopic (exact) mass is 279 g/mol. The van der Waals surface area contributed by atoms with E-state index in [1.165, 1.54) is 0 Å². The van der Waals surface area contributed by atoms with Crippen LogP contribution in [0.3, 0.4) is 0 Å². The molecule has 4 N–H and O–H groups in total. The number of rotatable bonds is 3. The highest BCUT2D eigenvalue weighted by Gasteiger charge is 2.34. The Bertz CT molecular complexity index is 591. The van der Waals surface area contributed by atoms with E-state index in [0.29, 0.717) is 5.82 Å². The summed E-state index contributed by atoms with van der Waals surface area (Å²) in [7, 11) is 0. The number of carboxylic acids is 1. The summed E-state index contributed by atoms with van der Waals surface area (Å²) in [6.07, 6.45) is -0.408. The summed E-state index contributed by atoms with van der Waals surface area (Å²) in [4.78, 5) is 34.2. The molecule has 0 amide bonds. The molecule has 1 aromatic rings. The molecule has 0 spiro atoms. The van der Waals surface area contributed by atoms with Crippen LogP contribution >= 0.6 is 0 Å². The molecule has 2 bridgehead atoms. The number of nitrogens with one attached hydrogen (secondary N) is 1. The van der Waals surface area contributed by atoms with Crippen LogP contribution in [0.25, 0.3) is 0 Å². The number of hydrogen-bond acceptors (Lipinski definition) is 6. The molecule has 0 radical (unpaired) electrons. The van der Waals surface area contributed by atoms with Gasteiger partial charge in [-0.25, -0.2) is 4.98 Å². The number of aromatic amines is 1. The average Bonchev–Trinajstić information content (AvgIpc) is 2.43. The Kier molecular flexibility index (Phi) is 3.19. The van der Waals surface area contributed by atoms with Crippen molar-refractivity contribution in [3.63, 3.8) is 0 Å². The molecule has 108 valence electrons. The van der Waals surface area contributed by atoms with E-state index in [9.17, 15) is 9.59 Å². The molecule has 8 nitrogen and oxygen atoms in total. The number of nitrogens with two attached hydrogens (primary N) is 1. The summed E-state index contributed by atoms with van der Waals surface area (Å²) in [6, 6.07) is 0.0337. The first-order valence-electron chi connectivity index (χ1n) is 6.61. The number of aliphatic carboxylic acids is 1. The van der Waals surface area contributed by atoms with Crippen molar-refractivity contribution >= 4 is 11.8 Å². The molecule has 20 heavy (non-hydrogen) atoms. The van der Waals surface area contributed by atoms with Gasteiger partial charge in [0.05, 0.1) is 18.0 Å². The second kappa shape index (κ2) is 4.88. The van der Waals surface area contributed by atoms with Crippen molar-refractivity contribution in [1.29, 1.82) is 0 Å². The van der Waals surface area contributed by atoms with Crippen molar-refractivity contribution in [2.45, 2.75) is 12.5 Å². The molecule has 3 aliphatic rings. The summed E-state index contributed by atoms with van der Waals surface area (Å²) in [6.45, 7) is 4.79. The molecule has 3 fully saturated rings. The third-order valence-corrected chi connectivity index (χ3v) is 3.99. The quantitative estimate of drug-likeness (QED) is 0.626. The summed E-state index contributed by atoms with van der Waals surface area (Å²) in [5, 5.41) is 8.77. The van der Waals surface area contributed by atoms with Gasteiger partial charge < -0.3 is 15.8 Å². The maximum Gasteiger partial charge on any atom is 0.308 e. The third-order valence-electron chi connectivity index (χ3n) is 3.99. The first kappa shape index (κ1) is 13.1. The predicted octanol–water partition coefficient (Wildman–Crippen LogP) is -1.35. The van der Waals surface area contributed by atoms with E-state index in [-0.39, 0.29) is 17.4 Å². The highest BCUT2D eigenvalue weighted by atomic mass is 16.4. The van der Waals surface area contributed by atoms with Crippen molar-refractivity contribution in [3.8, 4) is 0 Å². The Morgan fingerprint density at radius 3 is 2.60 bits per heavy atom. The number of piperazine rings is 3. The Morgan fingerprint density at radius 1 is 1.40 bits per heavy atom. The van der Waals surface area contributed by atoms with E-state index in [1.807, 2.05) is 0 Å². The molecule has 4 heterocycles. The summed E-state index contributed by atoms with van der Waals surface area (Å²) < 4.78 is 0. The fourth-order valence-corrected chi connectivity index (χ4v) is 2.89. The number of anilines is 1. The molecule has 0 aromatic carbocycles. The van der Waals surface area contributed by atoms with Crippen LogP contribution in [-0.2, 0) is 11.2 Å². The molecule has 0 aliphatic carbocycles. The molecule has 8 heteroatoms. The van der Waals surface area contributed by atoms with Gasteiger partial charge in [-0.3, -0.25) is 19.4 Å². The molecular weight excluding hydrogens is 262 g/mol. The van der Waals surface area contributed by atoms with Gasteiger partial charge in [-0.15, -0.1) is 0 Å². The van der Waals surface area contributed by atoms with Gasteiger partial charge in [0.15, 0.2) is 0 Å². The molecule has 3 aliphatic heterocycles.